The van der Waals surface area contributed by atoms with Gasteiger partial charge in [-0.2, -0.15) is 0 Å². The van der Waals surface area contributed by atoms with Crippen molar-refractivity contribution < 1.29 is 71.2 Å². The average Bonchev–Trinajstić information content (AvgIpc) is 2.48. The number of rotatable bonds is 6. The summed E-state index contributed by atoms with van der Waals surface area (Å²) in [5.41, 5.74) is 1.45. The molecule has 22 heavy (non-hydrogen) atoms. The Morgan fingerprint density at radius 3 is 2.14 bits per heavy atom. The Kier molecular flexibility index (Phi) is 7.99. The molecular weight excluding hydrogens is 307 g/mol. The maximum absolute atomic E-state index is 11.4. The zero-order chi connectivity index (χ0) is 15.2. The zero-order valence-corrected chi connectivity index (χ0v) is 15.5. The molecule has 0 fully saturated rings. The minimum absolute atomic E-state index is 0. The van der Waals surface area contributed by atoms with E-state index in [0.717, 1.165) is 5.56 Å². The Labute approximate surface area is 171 Å². The van der Waals surface area contributed by atoms with Gasteiger partial charge in [0.1, 0.15) is 0 Å². The molecule has 0 saturated carbocycles. The molecule has 0 saturated heterocycles. The number of aliphatic carboxylic acids is 1. The molecule has 0 amide bonds. The fourth-order valence-electron chi connectivity index (χ4n) is 2.31. The van der Waals surface area contributed by atoms with Gasteiger partial charge < -0.3 is 15.0 Å². The fraction of sp³-hybridized carbons (Fsp3) is 0.176. The maximum atomic E-state index is 11.4. The third-order valence-corrected chi connectivity index (χ3v) is 3.38. The van der Waals surface area contributed by atoms with Crippen LogP contribution in [-0.4, -0.2) is 17.0 Å². The van der Waals surface area contributed by atoms with Gasteiger partial charge in [-0.15, -0.1) is 0 Å². The summed E-state index contributed by atoms with van der Waals surface area (Å²) in [4.78, 5) is 22.5. The molecule has 1 atom stereocenters. The van der Waals surface area contributed by atoms with Crippen molar-refractivity contribution in [2.75, 3.05) is 0 Å². The van der Waals surface area contributed by atoms with Crippen LogP contribution in [-0.2, 0) is 17.6 Å². The molecule has 108 valence electrons. The molecule has 2 rings (SSSR count). The summed E-state index contributed by atoms with van der Waals surface area (Å²) in [5, 5.41) is 20.4. The largest absolute Gasteiger partial charge is 1.00 e. The van der Waals surface area contributed by atoms with Crippen LogP contribution in [0.1, 0.15) is 21.5 Å². The molecule has 0 bridgehead atoms. The summed E-state index contributed by atoms with van der Waals surface area (Å²) >= 11 is 0. The second-order valence-electron chi connectivity index (χ2n) is 4.87. The number of hydrogen-bond donors (Lipinski definition) is 1. The van der Waals surface area contributed by atoms with E-state index >= 15 is 0 Å². The summed E-state index contributed by atoms with van der Waals surface area (Å²) in [7, 11) is 0. The second kappa shape index (κ2) is 9.22. The normalized spacial score (nSPS) is 11.3. The second-order valence-corrected chi connectivity index (χ2v) is 4.87. The van der Waals surface area contributed by atoms with Gasteiger partial charge in [0.2, 0.25) is 0 Å². The molecule has 0 aliphatic carbocycles. The molecule has 0 aliphatic heterocycles. The van der Waals surface area contributed by atoms with Crippen molar-refractivity contribution >= 4 is 11.9 Å². The number of benzene rings is 2. The molecule has 0 aliphatic rings. The summed E-state index contributed by atoms with van der Waals surface area (Å²) in [6.07, 6.45) is 0.520. The van der Waals surface area contributed by atoms with E-state index in [9.17, 15) is 19.8 Å². The van der Waals surface area contributed by atoms with E-state index in [0.29, 0.717) is 12.0 Å². The Balaban J connectivity index is 0.00000242. The van der Waals surface area contributed by atoms with Crippen LogP contribution < -0.4 is 56.5 Å². The summed E-state index contributed by atoms with van der Waals surface area (Å²) in [6.45, 7) is 0. The number of carbonyl (C=O) groups excluding carboxylic acids is 1. The standard InChI is InChI=1S/C17H16O4.K/c18-16(19)14(10-12-6-2-1-3-7-12)11-13-8-4-5-9-15(13)17(20)21;/h1-9,14H,10-11H2,(H,18,19)(H,20,21);/q;+1/p-1. The van der Waals surface area contributed by atoms with Crippen LogP contribution in [0.4, 0.5) is 0 Å². The minimum atomic E-state index is -1.28. The van der Waals surface area contributed by atoms with Crippen molar-refractivity contribution in [1.82, 2.24) is 0 Å². The number of carbonyl (C=O) groups is 2. The SMILES string of the molecule is O=C([O-])c1ccccc1CC(Cc1ccccc1)C(=O)O.[K+]. The Bertz CT molecular complexity index is 640. The fourth-order valence-corrected chi connectivity index (χ4v) is 2.31. The van der Waals surface area contributed by atoms with Gasteiger partial charge in [0.05, 0.1) is 11.9 Å². The predicted molar refractivity (Wildman–Crippen MR) is 75.7 cm³/mol. The molecule has 4 nitrogen and oxygen atoms in total. The van der Waals surface area contributed by atoms with Crippen molar-refractivity contribution in [2.45, 2.75) is 12.8 Å². The molecule has 0 spiro atoms. The number of aromatic carboxylic acids is 1. The van der Waals surface area contributed by atoms with Crippen molar-refractivity contribution in [2.24, 2.45) is 5.92 Å². The molecule has 0 radical (unpaired) electrons. The molecule has 5 heteroatoms. The maximum Gasteiger partial charge on any atom is 1.00 e. The van der Waals surface area contributed by atoms with Gasteiger partial charge in [-0.05, 0) is 24.0 Å². The molecule has 1 N–H and O–H groups in total. The number of carboxylic acids is 2. The van der Waals surface area contributed by atoms with Crippen LogP contribution >= 0.6 is 0 Å². The van der Waals surface area contributed by atoms with E-state index in [1.807, 2.05) is 30.3 Å². The quantitative estimate of drug-likeness (QED) is 0.660. The van der Waals surface area contributed by atoms with Gasteiger partial charge in [0, 0.05) is 5.56 Å². The van der Waals surface area contributed by atoms with Crippen molar-refractivity contribution in [1.29, 1.82) is 0 Å². The van der Waals surface area contributed by atoms with Crippen molar-refractivity contribution in [3.63, 3.8) is 0 Å². The Morgan fingerprint density at radius 2 is 1.55 bits per heavy atom. The van der Waals surface area contributed by atoms with E-state index in [2.05, 4.69) is 0 Å². The topological polar surface area (TPSA) is 77.4 Å². The molecule has 0 aromatic heterocycles. The monoisotopic (exact) mass is 322 g/mol. The number of carboxylic acid groups (broad SMARTS) is 2. The molecule has 1 unspecified atom stereocenters. The van der Waals surface area contributed by atoms with Crippen LogP contribution in [0.25, 0.3) is 0 Å². The van der Waals surface area contributed by atoms with Crippen molar-refractivity contribution in [3.05, 3.63) is 71.3 Å². The summed E-state index contributed by atoms with van der Waals surface area (Å²) < 4.78 is 0. The first-order valence-electron chi connectivity index (χ1n) is 6.64. The molecule has 0 heterocycles. The van der Waals surface area contributed by atoms with Gasteiger partial charge in [-0.3, -0.25) is 4.79 Å². The minimum Gasteiger partial charge on any atom is -0.545 e. The van der Waals surface area contributed by atoms with E-state index < -0.39 is 17.9 Å². The summed E-state index contributed by atoms with van der Waals surface area (Å²) in [5.74, 6) is -2.89. The molecule has 2 aromatic rings. The van der Waals surface area contributed by atoms with E-state index in [-0.39, 0.29) is 63.4 Å². The molecular formula is C17H15KO4. The van der Waals surface area contributed by atoms with Crippen LogP contribution in [0, 0.1) is 5.92 Å². The van der Waals surface area contributed by atoms with Crippen LogP contribution in [0.3, 0.4) is 0 Å². The Morgan fingerprint density at radius 1 is 0.955 bits per heavy atom. The van der Waals surface area contributed by atoms with Crippen LogP contribution in [0.5, 0.6) is 0 Å². The average molecular weight is 322 g/mol. The van der Waals surface area contributed by atoms with Gasteiger partial charge in [-0.25, -0.2) is 0 Å². The zero-order valence-electron chi connectivity index (χ0n) is 12.4. The Hall–Kier alpha value is -0.984. The third-order valence-electron chi connectivity index (χ3n) is 3.38. The van der Waals surface area contributed by atoms with Crippen LogP contribution in [0.15, 0.2) is 54.6 Å². The predicted octanol–water partition coefficient (Wildman–Crippen LogP) is -1.46. The summed E-state index contributed by atoms with van der Waals surface area (Å²) in [6, 6.07) is 15.7. The van der Waals surface area contributed by atoms with E-state index in [1.54, 1.807) is 18.2 Å². The van der Waals surface area contributed by atoms with E-state index in [4.69, 9.17) is 0 Å². The van der Waals surface area contributed by atoms with Gasteiger partial charge in [-0.1, -0.05) is 54.6 Å². The first kappa shape index (κ1) is 19.1. The smallest absolute Gasteiger partial charge is 0.545 e. The van der Waals surface area contributed by atoms with Crippen molar-refractivity contribution in [3.8, 4) is 0 Å². The van der Waals surface area contributed by atoms with Gasteiger partial charge in [0.15, 0.2) is 0 Å². The van der Waals surface area contributed by atoms with Gasteiger partial charge >= 0.3 is 57.4 Å². The van der Waals surface area contributed by atoms with Crippen LogP contribution in [0.2, 0.25) is 0 Å². The number of hydrogen-bond acceptors (Lipinski definition) is 3. The van der Waals surface area contributed by atoms with E-state index in [1.165, 1.54) is 6.07 Å². The first-order chi connectivity index (χ1) is 10.1. The van der Waals surface area contributed by atoms with Gasteiger partial charge in [0.25, 0.3) is 0 Å². The first-order valence-corrected chi connectivity index (χ1v) is 6.64. The molecule has 2 aromatic carbocycles. The third kappa shape index (κ3) is 5.33.